The van der Waals surface area contributed by atoms with E-state index in [0.29, 0.717) is 32.5 Å². The van der Waals surface area contributed by atoms with Crippen molar-refractivity contribution in [2.24, 2.45) is 11.8 Å². The minimum Gasteiger partial charge on any atom is -0.396 e. The molecule has 1 spiro atoms. The van der Waals surface area contributed by atoms with Gasteiger partial charge in [-0.25, -0.2) is 0 Å². The maximum absolute atomic E-state index is 13.9. The van der Waals surface area contributed by atoms with Crippen molar-refractivity contribution in [3.63, 3.8) is 0 Å². The van der Waals surface area contributed by atoms with E-state index in [2.05, 4.69) is 36.0 Å². The standard InChI is InChI=1S/C24H36BrN3O5/c1-5-8-12-27(11-7-3)23(32)20-24-15-16(25)19(33-24)17(21(30)26(4)10-6-2)18(24)22(31)28(20)13-9-14-29/h6-7,16-20,29H,2-3,5,8-15H2,1,4H3/t16?,17-,18+,19-,20?,24?/m1/s1. The maximum atomic E-state index is 13.9. The number of hydrogen-bond donors (Lipinski definition) is 1. The summed E-state index contributed by atoms with van der Waals surface area (Å²) in [5, 5.41) is 9.44. The number of ether oxygens (including phenoxy) is 1. The Morgan fingerprint density at radius 1 is 1.27 bits per heavy atom. The molecular weight excluding hydrogens is 490 g/mol. The number of carbonyl (C=O) groups is 3. The first-order valence-electron chi connectivity index (χ1n) is 11.8. The largest absolute Gasteiger partial charge is 0.396 e. The van der Waals surface area contributed by atoms with Gasteiger partial charge in [0.05, 0.1) is 17.9 Å². The summed E-state index contributed by atoms with van der Waals surface area (Å²) in [5.41, 5.74) is -1.07. The van der Waals surface area contributed by atoms with Crippen LogP contribution in [-0.4, -0.2) is 99.9 Å². The average molecular weight is 526 g/mol. The molecule has 0 aromatic carbocycles. The number of alkyl halides is 1. The second-order valence-electron chi connectivity index (χ2n) is 9.21. The zero-order valence-corrected chi connectivity index (χ0v) is 21.2. The summed E-state index contributed by atoms with van der Waals surface area (Å²) in [6.07, 6.45) is 5.46. The second-order valence-corrected chi connectivity index (χ2v) is 10.4. The highest BCUT2D eigenvalue weighted by Gasteiger charge is 2.76. The molecule has 0 aromatic rings. The molecule has 1 N–H and O–H groups in total. The van der Waals surface area contributed by atoms with E-state index in [1.165, 1.54) is 0 Å². The first-order chi connectivity index (χ1) is 15.8. The van der Waals surface area contributed by atoms with Gasteiger partial charge in [-0.15, -0.1) is 13.2 Å². The Hall–Kier alpha value is -1.71. The molecule has 3 rings (SSSR count). The number of unbranched alkanes of at least 4 members (excludes halogenated alkanes) is 1. The topological polar surface area (TPSA) is 90.4 Å². The molecule has 3 amide bonds. The van der Waals surface area contributed by atoms with E-state index in [4.69, 9.17) is 4.74 Å². The fourth-order valence-corrected chi connectivity index (χ4v) is 6.62. The van der Waals surface area contributed by atoms with Crippen LogP contribution in [0.5, 0.6) is 0 Å². The summed E-state index contributed by atoms with van der Waals surface area (Å²) in [6.45, 7) is 11.0. The second kappa shape index (κ2) is 10.7. The molecule has 184 valence electrons. The summed E-state index contributed by atoms with van der Waals surface area (Å²) >= 11 is 3.68. The van der Waals surface area contributed by atoms with E-state index in [-0.39, 0.29) is 35.7 Å². The lowest BCUT2D eigenvalue weighted by Gasteiger charge is -2.37. The lowest BCUT2D eigenvalue weighted by Crippen LogP contribution is -2.57. The number of nitrogens with zero attached hydrogens (tertiary/aromatic N) is 3. The maximum Gasteiger partial charge on any atom is 0.248 e. The molecule has 0 aliphatic carbocycles. The highest BCUT2D eigenvalue weighted by Crippen LogP contribution is 2.60. The molecule has 3 aliphatic heterocycles. The van der Waals surface area contributed by atoms with E-state index in [1.807, 2.05) is 0 Å². The van der Waals surface area contributed by atoms with E-state index in [0.717, 1.165) is 12.8 Å². The third-order valence-corrected chi connectivity index (χ3v) is 7.93. The van der Waals surface area contributed by atoms with E-state index < -0.39 is 29.6 Å². The van der Waals surface area contributed by atoms with Gasteiger partial charge in [-0.3, -0.25) is 14.4 Å². The Morgan fingerprint density at radius 2 is 1.97 bits per heavy atom. The van der Waals surface area contributed by atoms with Crippen LogP contribution < -0.4 is 0 Å². The lowest BCUT2D eigenvalue weighted by molar-refractivity contribution is -0.148. The Balaban J connectivity index is 2.03. The Morgan fingerprint density at radius 3 is 2.58 bits per heavy atom. The smallest absolute Gasteiger partial charge is 0.248 e. The Kier molecular flexibility index (Phi) is 8.40. The van der Waals surface area contributed by atoms with Gasteiger partial charge in [-0.1, -0.05) is 41.4 Å². The molecule has 3 unspecified atom stereocenters. The van der Waals surface area contributed by atoms with Gasteiger partial charge in [0.1, 0.15) is 11.6 Å². The van der Waals surface area contributed by atoms with Crippen molar-refractivity contribution in [3.8, 4) is 0 Å². The Labute approximate surface area is 204 Å². The zero-order chi connectivity index (χ0) is 24.3. The molecule has 3 saturated heterocycles. The lowest BCUT2D eigenvalue weighted by atomic mass is 9.70. The van der Waals surface area contributed by atoms with E-state index in [9.17, 15) is 19.5 Å². The zero-order valence-electron chi connectivity index (χ0n) is 19.6. The normalized spacial score (nSPS) is 32.1. The van der Waals surface area contributed by atoms with Crippen LogP contribution in [0, 0.1) is 11.8 Å². The molecule has 8 nitrogen and oxygen atoms in total. The van der Waals surface area contributed by atoms with Gasteiger partial charge in [0.25, 0.3) is 0 Å². The predicted molar refractivity (Wildman–Crippen MR) is 129 cm³/mol. The number of carbonyl (C=O) groups excluding carboxylic acids is 3. The van der Waals surface area contributed by atoms with Crippen molar-refractivity contribution in [1.82, 2.24) is 14.7 Å². The fourth-order valence-electron chi connectivity index (χ4n) is 5.68. The number of likely N-dealkylation sites (N-methyl/N-ethyl adjacent to an activating group) is 1. The quantitative estimate of drug-likeness (QED) is 0.308. The Bertz CT molecular complexity index is 792. The van der Waals surface area contributed by atoms with Crippen molar-refractivity contribution < 1.29 is 24.2 Å². The number of halogens is 1. The van der Waals surface area contributed by atoms with Crippen LogP contribution in [0.15, 0.2) is 25.3 Å². The number of aliphatic hydroxyl groups excluding tert-OH is 1. The summed E-state index contributed by atoms with van der Waals surface area (Å²) < 4.78 is 6.49. The molecule has 0 saturated carbocycles. The molecule has 0 aromatic heterocycles. The third-order valence-electron chi connectivity index (χ3n) is 7.09. The van der Waals surface area contributed by atoms with Crippen molar-refractivity contribution in [3.05, 3.63) is 25.3 Å². The minimum atomic E-state index is -1.07. The summed E-state index contributed by atoms with van der Waals surface area (Å²) in [5.74, 6) is -1.97. The van der Waals surface area contributed by atoms with Gasteiger partial charge in [0.2, 0.25) is 17.7 Å². The molecule has 2 bridgehead atoms. The minimum absolute atomic E-state index is 0.0937. The van der Waals surface area contributed by atoms with Crippen LogP contribution in [-0.2, 0) is 19.1 Å². The SMILES string of the molecule is C=CCN(C)C(=O)[C@H]1[C@@H]2OC3(CC2Br)C(C(=O)N(CC=C)CCCC)N(CCCO)C(=O)[C@H]13. The van der Waals surface area contributed by atoms with Gasteiger partial charge in [0.15, 0.2) is 0 Å². The van der Waals surface area contributed by atoms with Crippen LogP contribution in [0.4, 0.5) is 0 Å². The summed E-state index contributed by atoms with van der Waals surface area (Å²) in [4.78, 5) is 45.8. The number of amides is 3. The summed E-state index contributed by atoms with van der Waals surface area (Å²) in [7, 11) is 1.69. The van der Waals surface area contributed by atoms with Crippen molar-refractivity contribution in [2.45, 2.75) is 55.2 Å². The number of likely N-dealkylation sites (tertiary alicyclic amines) is 1. The number of rotatable bonds is 12. The van der Waals surface area contributed by atoms with Crippen molar-refractivity contribution in [2.75, 3.05) is 39.8 Å². The van der Waals surface area contributed by atoms with Crippen molar-refractivity contribution >= 4 is 33.7 Å². The van der Waals surface area contributed by atoms with Gasteiger partial charge in [-0.05, 0) is 19.3 Å². The number of aliphatic hydroxyl groups is 1. The monoisotopic (exact) mass is 525 g/mol. The van der Waals surface area contributed by atoms with Gasteiger partial charge in [0, 0.05) is 44.7 Å². The van der Waals surface area contributed by atoms with Crippen molar-refractivity contribution in [1.29, 1.82) is 0 Å². The highest BCUT2D eigenvalue weighted by atomic mass is 79.9. The number of fused-ring (bicyclic) bond motifs is 1. The number of hydrogen-bond acceptors (Lipinski definition) is 5. The van der Waals surface area contributed by atoms with Crippen LogP contribution in [0.3, 0.4) is 0 Å². The average Bonchev–Trinajstić information content (AvgIpc) is 3.37. The van der Waals surface area contributed by atoms with Crippen LogP contribution in [0.2, 0.25) is 0 Å². The van der Waals surface area contributed by atoms with Gasteiger partial charge < -0.3 is 24.5 Å². The third kappa shape index (κ3) is 4.39. The van der Waals surface area contributed by atoms with Gasteiger partial charge >= 0.3 is 0 Å². The van der Waals surface area contributed by atoms with E-state index in [1.54, 1.807) is 33.9 Å². The van der Waals surface area contributed by atoms with E-state index >= 15 is 0 Å². The molecule has 3 heterocycles. The highest BCUT2D eigenvalue weighted by molar-refractivity contribution is 9.09. The first kappa shape index (κ1) is 25.9. The fraction of sp³-hybridized carbons (Fsp3) is 0.708. The molecular formula is C24H36BrN3O5. The summed E-state index contributed by atoms with van der Waals surface area (Å²) in [6, 6.07) is -0.828. The molecule has 33 heavy (non-hydrogen) atoms. The molecule has 3 fully saturated rings. The molecule has 9 heteroatoms. The molecule has 6 atom stereocenters. The van der Waals surface area contributed by atoms with Gasteiger partial charge in [-0.2, -0.15) is 0 Å². The predicted octanol–water partition coefficient (Wildman–Crippen LogP) is 1.58. The van der Waals surface area contributed by atoms with Crippen LogP contribution in [0.25, 0.3) is 0 Å². The molecule has 0 radical (unpaired) electrons. The van der Waals surface area contributed by atoms with Crippen LogP contribution >= 0.6 is 15.9 Å². The first-order valence-corrected chi connectivity index (χ1v) is 12.7. The molecule has 3 aliphatic rings. The van der Waals surface area contributed by atoms with Crippen LogP contribution in [0.1, 0.15) is 32.6 Å².